The minimum absolute atomic E-state index is 0.0578. The van der Waals surface area contributed by atoms with Gasteiger partial charge in [0.15, 0.2) is 0 Å². The molecule has 0 atom stereocenters. The van der Waals surface area contributed by atoms with Gasteiger partial charge in [0, 0.05) is 17.1 Å². The number of hydrogen-bond donors (Lipinski definition) is 1. The zero-order chi connectivity index (χ0) is 16.7. The third kappa shape index (κ3) is 2.36. The summed E-state index contributed by atoms with van der Waals surface area (Å²) in [5.41, 5.74) is 1.79. The average Bonchev–Trinajstić information content (AvgIpc) is 3.04. The molecule has 0 aliphatic heterocycles. The Labute approximate surface area is 135 Å². The molecular weight excluding hydrogens is 311 g/mol. The van der Waals surface area contributed by atoms with Gasteiger partial charge < -0.3 is 9.51 Å². The summed E-state index contributed by atoms with van der Waals surface area (Å²) in [4.78, 5) is 23.4. The maximum atomic E-state index is 13.4. The van der Waals surface area contributed by atoms with Crippen LogP contribution in [0.1, 0.15) is 5.56 Å². The largest absolute Gasteiger partial charge is 0.333 e. The van der Waals surface area contributed by atoms with E-state index in [4.69, 9.17) is 4.52 Å². The number of nitrogens with one attached hydrogen (secondary N) is 1. The van der Waals surface area contributed by atoms with Crippen molar-refractivity contribution in [2.24, 2.45) is 0 Å². The van der Waals surface area contributed by atoms with Gasteiger partial charge in [-0.15, -0.1) is 0 Å². The summed E-state index contributed by atoms with van der Waals surface area (Å²) in [5, 5.41) is 4.43. The molecule has 0 fully saturated rings. The maximum absolute atomic E-state index is 13.4. The lowest BCUT2D eigenvalue weighted by Gasteiger charge is -2.00. The molecule has 118 valence electrons. The number of aromatic nitrogens is 4. The number of aryl methyl sites for hydroxylation is 1. The molecule has 0 saturated heterocycles. The molecule has 0 unspecified atom stereocenters. The smallest absolute Gasteiger partial charge is 0.263 e. The van der Waals surface area contributed by atoms with Gasteiger partial charge in [-0.2, -0.15) is 4.98 Å². The highest BCUT2D eigenvalue weighted by Gasteiger charge is 2.16. The molecule has 1 aromatic carbocycles. The van der Waals surface area contributed by atoms with Crippen LogP contribution >= 0.6 is 0 Å². The first-order valence-corrected chi connectivity index (χ1v) is 7.20. The number of benzene rings is 1. The average molecular weight is 322 g/mol. The Balaban J connectivity index is 1.85. The van der Waals surface area contributed by atoms with Crippen LogP contribution in [-0.2, 0) is 0 Å². The summed E-state index contributed by atoms with van der Waals surface area (Å²) in [5.74, 6) is -0.0415. The highest BCUT2D eigenvalue weighted by atomic mass is 19.1. The molecule has 24 heavy (non-hydrogen) atoms. The number of rotatable bonds is 2. The summed E-state index contributed by atoms with van der Waals surface area (Å²) in [6, 6.07) is 9.33. The minimum Gasteiger partial charge on any atom is -0.333 e. The number of halogens is 1. The van der Waals surface area contributed by atoms with Crippen molar-refractivity contribution in [3.05, 3.63) is 64.3 Å². The van der Waals surface area contributed by atoms with Gasteiger partial charge in [0.05, 0.1) is 0 Å². The van der Waals surface area contributed by atoms with Crippen LogP contribution in [0.25, 0.3) is 33.9 Å². The van der Waals surface area contributed by atoms with Crippen molar-refractivity contribution >= 4 is 10.9 Å². The van der Waals surface area contributed by atoms with Crippen molar-refractivity contribution in [1.29, 1.82) is 0 Å². The molecule has 3 heterocycles. The molecule has 0 saturated carbocycles. The lowest BCUT2D eigenvalue weighted by Crippen LogP contribution is -2.08. The number of hydrogen-bond acceptors (Lipinski definition) is 5. The Kier molecular flexibility index (Phi) is 3.19. The highest BCUT2D eigenvalue weighted by molar-refractivity contribution is 5.82. The van der Waals surface area contributed by atoms with Crippen molar-refractivity contribution < 1.29 is 8.91 Å². The minimum atomic E-state index is -0.393. The van der Waals surface area contributed by atoms with Gasteiger partial charge in [-0.3, -0.25) is 9.78 Å². The number of pyridine rings is 2. The number of aromatic amines is 1. The Bertz CT molecular complexity index is 1120. The molecule has 4 aromatic rings. The predicted octanol–water partition coefficient (Wildman–Crippen LogP) is 3.09. The van der Waals surface area contributed by atoms with E-state index in [0.29, 0.717) is 22.4 Å². The van der Waals surface area contributed by atoms with E-state index in [1.165, 1.54) is 24.3 Å². The van der Waals surface area contributed by atoms with Gasteiger partial charge in [-0.1, -0.05) is 11.2 Å². The molecule has 1 N–H and O–H groups in total. The second kappa shape index (κ2) is 5.38. The molecule has 0 aliphatic rings. The van der Waals surface area contributed by atoms with E-state index in [1.54, 1.807) is 6.20 Å². The SMILES string of the molecule is Cc1cccnc1-c1noc(-c2cc3cc(F)ccc3[nH]c2=O)n1. The Morgan fingerprint density at radius 3 is 2.92 bits per heavy atom. The second-order valence-electron chi connectivity index (χ2n) is 5.34. The molecule has 4 rings (SSSR count). The summed E-state index contributed by atoms with van der Waals surface area (Å²) in [6.07, 6.45) is 1.63. The fourth-order valence-electron chi connectivity index (χ4n) is 2.49. The summed E-state index contributed by atoms with van der Waals surface area (Å²) >= 11 is 0. The van der Waals surface area contributed by atoms with E-state index >= 15 is 0 Å². The van der Waals surface area contributed by atoms with Crippen LogP contribution in [0.3, 0.4) is 0 Å². The van der Waals surface area contributed by atoms with Gasteiger partial charge in [0.25, 0.3) is 11.4 Å². The standard InChI is InChI=1S/C17H11FN4O2/c1-9-3-2-6-19-14(9)15-21-17(24-22-15)12-8-10-7-11(18)4-5-13(10)20-16(12)23/h2-8H,1H3,(H,20,23). The van der Waals surface area contributed by atoms with Crippen LogP contribution in [-0.4, -0.2) is 20.1 Å². The van der Waals surface area contributed by atoms with Crippen molar-refractivity contribution in [1.82, 2.24) is 20.1 Å². The van der Waals surface area contributed by atoms with E-state index in [9.17, 15) is 9.18 Å². The zero-order valence-corrected chi connectivity index (χ0v) is 12.6. The fourth-order valence-corrected chi connectivity index (χ4v) is 2.49. The molecule has 6 nitrogen and oxygen atoms in total. The lowest BCUT2D eigenvalue weighted by atomic mass is 10.1. The summed E-state index contributed by atoms with van der Waals surface area (Å²) < 4.78 is 18.6. The first-order chi connectivity index (χ1) is 11.6. The van der Waals surface area contributed by atoms with E-state index in [-0.39, 0.29) is 17.0 Å². The molecule has 0 bridgehead atoms. The van der Waals surface area contributed by atoms with Gasteiger partial charge >= 0.3 is 0 Å². The maximum Gasteiger partial charge on any atom is 0.263 e. The van der Waals surface area contributed by atoms with Crippen molar-refractivity contribution in [2.75, 3.05) is 0 Å². The zero-order valence-electron chi connectivity index (χ0n) is 12.6. The third-order valence-electron chi connectivity index (χ3n) is 3.68. The molecule has 3 aromatic heterocycles. The van der Waals surface area contributed by atoms with E-state index < -0.39 is 5.82 Å². The van der Waals surface area contributed by atoms with Crippen LogP contribution in [0.5, 0.6) is 0 Å². The first-order valence-electron chi connectivity index (χ1n) is 7.20. The molecule has 0 aliphatic carbocycles. The second-order valence-corrected chi connectivity index (χ2v) is 5.34. The van der Waals surface area contributed by atoms with Crippen molar-refractivity contribution in [3.63, 3.8) is 0 Å². The number of nitrogens with zero attached hydrogens (tertiary/aromatic N) is 3. The molecular formula is C17H11FN4O2. The third-order valence-corrected chi connectivity index (χ3v) is 3.68. The highest BCUT2D eigenvalue weighted by Crippen LogP contribution is 2.23. The van der Waals surface area contributed by atoms with Crippen molar-refractivity contribution in [2.45, 2.75) is 6.92 Å². The van der Waals surface area contributed by atoms with Gasteiger partial charge in [-0.25, -0.2) is 4.39 Å². The fraction of sp³-hybridized carbons (Fsp3) is 0.0588. The Hall–Kier alpha value is -3.35. The van der Waals surface area contributed by atoms with Crippen LogP contribution in [0.15, 0.2) is 51.9 Å². The van der Waals surface area contributed by atoms with E-state index in [1.807, 2.05) is 19.1 Å². The van der Waals surface area contributed by atoms with Crippen LogP contribution in [0.4, 0.5) is 4.39 Å². The van der Waals surface area contributed by atoms with Gasteiger partial charge in [-0.05, 0) is 42.8 Å². The normalized spacial score (nSPS) is 11.1. The van der Waals surface area contributed by atoms with Gasteiger partial charge in [0.2, 0.25) is 5.82 Å². The topological polar surface area (TPSA) is 84.7 Å². The molecule has 0 spiro atoms. The molecule has 0 radical (unpaired) electrons. The number of H-pyrrole nitrogens is 1. The van der Waals surface area contributed by atoms with Crippen molar-refractivity contribution in [3.8, 4) is 23.0 Å². The van der Waals surface area contributed by atoms with E-state index in [2.05, 4.69) is 20.1 Å². The van der Waals surface area contributed by atoms with E-state index in [0.717, 1.165) is 5.56 Å². The Morgan fingerprint density at radius 2 is 2.08 bits per heavy atom. The lowest BCUT2D eigenvalue weighted by molar-refractivity contribution is 0.431. The predicted molar refractivity (Wildman–Crippen MR) is 85.8 cm³/mol. The molecule has 0 amide bonds. The first kappa shape index (κ1) is 14.3. The van der Waals surface area contributed by atoms with Crippen LogP contribution in [0.2, 0.25) is 0 Å². The number of fused-ring (bicyclic) bond motifs is 1. The monoisotopic (exact) mass is 322 g/mol. The molecule has 7 heteroatoms. The summed E-state index contributed by atoms with van der Waals surface area (Å²) in [6.45, 7) is 1.88. The van der Waals surface area contributed by atoms with Gasteiger partial charge in [0.1, 0.15) is 17.1 Å². The summed E-state index contributed by atoms with van der Waals surface area (Å²) in [7, 11) is 0. The quantitative estimate of drug-likeness (QED) is 0.613. The van der Waals surface area contributed by atoms with Crippen LogP contribution < -0.4 is 5.56 Å². The van der Waals surface area contributed by atoms with Crippen LogP contribution in [0, 0.1) is 12.7 Å². The Morgan fingerprint density at radius 1 is 1.21 bits per heavy atom.